The van der Waals surface area contributed by atoms with Gasteiger partial charge >= 0.3 is 5.97 Å². The fourth-order valence-corrected chi connectivity index (χ4v) is 3.12. The van der Waals surface area contributed by atoms with Gasteiger partial charge in [0, 0.05) is 6.54 Å². The third-order valence-corrected chi connectivity index (χ3v) is 5.05. The summed E-state index contributed by atoms with van der Waals surface area (Å²) in [6.07, 6.45) is 0.947. The molecule has 11 nitrogen and oxygen atoms in total. The van der Waals surface area contributed by atoms with Crippen molar-refractivity contribution in [1.29, 1.82) is 0 Å². The van der Waals surface area contributed by atoms with E-state index in [2.05, 4.69) is 10.6 Å². The van der Waals surface area contributed by atoms with E-state index < -0.39 is 60.2 Å². The molecule has 0 radical (unpaired) electrons. The number of hydrogen-bond donors (Lipinski definition) is 5. The molecular formula is C18H31N5O6. The molecule has 1 saturated heterocycles. The highest BCUT2D eigenvalue weighted by molar-refractivity contribution is 5.95. The van der Waals surface area contributed by atoms with E-state index in [-0.39, 0.29) is 5.92 Å². The van der Waals surface area contributed by atoms with Crippen molar-refractivity contribution in [2.24, 2.45) is 17.4 Å². The predicted molar refractivity (Wildman–Crippen MR) is 103 cm³/mol. The number of nitrogens with zero attached hydrogens (tertiary/aromatic N) is 1. The van der Waals surface area contributed by atoms with Crippen LogP contribution in [0.2, 0.25) is 0 Å². The van der Waals surface area contributed by atoms with Gasteiger partial charge in [-0.05, 0) is 25.7 Å². The molecule has 0 spiro atoms. The van der Waals surface area contributed by atoms with Gasteiger partial charge in [0.2, 0.25) is 23.6 Å². The zero-order chi connectivity index (χ0) is 22.3. The molecule has 0 saturated carbocycles. The number of carbonyl (C=O) groups is 5. The smallest absolute Gasteiger partial charge is 0.326 e. The first-order valence-corrected chi connectivity index (χ1v) is 9.67. The lowest BCUT2D eigenvalue weighted by Gasteiger charge is -2.32. The Bertz CT molecular complexity index is 653. The number of hydrogen-bond acceptors (Lipinski definition) is 6. The number of carboxylic acid groups (broad SMARTS) is 1. The summed E-state index contributed by atoms with van der Waals surface area (Å²) in [5.41, 5.74) is 10.6. The third-order valence-electron chi connectivity index (χ3n) is 5.05. The first-order valence-electron chi connectivity index (χ1n) is 9.67. The van der Waals surface area contributed by atoms with Crippen LogP contribution in [0.5, 0.6) is 0 Å². The Kier molecular flexibility index (Phi) is 9.02. The lowest BCUT2D eigenvalue weighted by molar-refractivity contribution is -0.146. The maximum Gasteiger partial charge on any atom is 0.326 e. The largest absolute Gasteiger partial charge is 0.480 e. The standard InChI is InChI=1S/C18H31N5O6/c1-4-9(2)14(22-15(25)10(3)19)17(27)23-7-5-6-12(23)16(26)21-11(18(28)29)8-13(20)24/h9-12,14H,4-8,19H2,1-3H3,(H2,20,24)(H,21,26)(H,22,25)(H,28,29). The highest BCUT2D eigenvalue weighted by Gasteiger charge is 2.40. The Hall–Kier alpha value is -2.69. The molecule has 1 aliphatic rings. The highest BCUT2D eigenvalue weighted by atomic mass is 16.4. The van der Waals surface area contributed by atoms with E-state index in [4.69, 9.17) is 11.5 Å². The lowest BCUT2D eigenvalue weighted by Crippen LogP contribution is -2.58. The summed E-state index contributed by atoms with van der Waals surface area (Å²) >= 11 is 0. The Balaban J connectivity index is 2.97. The zero-order valence-electron chi connectivity index (χ0n) is 17.0. The normalized spacial score (nSPS) is 20.3. The number of amides is 4. The van der Waals surface area contributed by atoms with Gasteiger partial charge in [0.25, 0.3) is 0 Å². The van der Waals surface area contributed by atoms with E-state index in [0.29, 0.717) is 25.8 Å². The predicted octanol–water partition coefficient (Wildman–Crippen LogP) is -1.70. The Morgan fingerprint density at radius 2 is 1.79 bits per heavy atom. The van der Waals surface area contributed by atoms with Crippen molar-refractivity contribution in [3.8, 4) is 0 Å². The molecule has 0 aromatic carbocycles. The minimum atomic E-state index is -1.47. The van der Waals surface area contributed by atoms with Crippen LogP contribution in [-0.4, -0.2) is 70.3 Å². The molecule has 1 fully saturated rings. The van der Waals surface area contributed by atoms with Crippen LogP contribution in [0.1, 0.15) is 46.5 Å². The van der Waals surface area contributed by atoms with Gasteiger partial charge in [-0.15, -0.1) is 0 Å². The molecule has 0 aromatic rings. The fourth-order valence-electron chi connectivity index (χ4n) is 3.12. The third kappa shape index (κ3) is 6.70. The summed E-state index contributed by atoms with van der Waals surface area (Å²) in [5, 5.41) is 14.1. The fraction of sp³-hybridized carbons (Fsp3) is 0.722. The van der Waals surface area contributed by atoms with Crippen LogP contribution in [0.4, 0.5) is 0 Å². The summed E-state index contributed by atoms with van der Waals surface area (Å²) < 4.78 is 0. The van der Waals surface area contributed by atoms with Crippen LogP contribution in [0.25, 0.3) is 0 Å². The van der Waals surface area contributed by atoms with Gasteiger partial charge in [-0.1, -0.05) is 20.3 Å². The zero-order valence-corrected chi connectivity index (χ0v) is 17.0. The number of rotatable bonds is 10. The maximum atomic E-state index is 13.1. The summed E-state index contributed by atoms with van der Waals surface area (Å²) in [6, 6.07) is -4.01. The van der Waals surface area contributed by atoms with Crippen molar-refractivity contribution in [2.75, 3.05) is 6.54 Å². The molecule has 4 amide bonds. The van der Waals surface area contributed by atoms with Gasteiger partial charge in [-0.25, -0.2) is 4.79 Å². The van der Waals surface area contributed by atoms with Crippen LogP contribution in [-0.2, 0) is 24.0 Å². The molecule has 0 bridgehead atoms. The summed E-state index contributed by atoms with van der Waals surface area (Å²) in [4.78, 5) is 61.4. The average molecular weight is 413 g/mol. The average Bonchev–Trinajstić information content (AvgIpc) is 3.13. The van der Waals surface area contributed by atoms with Crippen LogP contribution in [0.3, 0.4) is 0 Å². The molecule has 0 aromatic heterocycles. The van der Waals surface area contributed by atoms with Crippen LogP contribution in [0, 0.1) is 5.92 Å². The van der Waals surface area contributed by atoms with Crippen LogP contribution < -0.4 is 22.1 Å². The van der Waals surface area contributed by atoms with Gasteiger partial charge in [0.15, 0.2) is 0 Å². The van der Waals surface area contributed by atoms with Crippen molar-refractivity contribution in [2.45, 2.75) is 70.6 Å². The highest BCUT2D eigenvalue weighted by Crippen LogP contribution is 2.21. The van der Waals surface area contributed by atoms with Gasteiger partial charge in [-0.2, -0.15) is 0 Å². The van der Waals surface area contributed by atoms with Crippen molar-refractivity contribution in [1.82, 2.24) is 15.5 Å². The van der Waals surface area contributed by atoms with E-state index in [1.54, 1.807) is 0 Å². The van der Waals surface area contributed by atoms with Crippen LogP contribution >= 0.6 is 0 Å². The number of likely N-dealkylation sites (tertiary alicyclic amines) is 1. The minimum absolute atomic E-state index is 0.198. The van der Waals surface area contributed by atoms with Gasteiger partial charge < -0.3 is 32.1 Å². The van der Waals surface area contributed by atoms with Crippen molar-refractivity contribution in [3.05, 3.63) is 0 Å². The number of aliphatic carboxylic acids is 1. The minimum Gasteiger partial charge on any atom is -0.480 e. The van der Waals surface area contributed by atoms with Gasteiger partial charge in [0.1, 0.15) is 18.1 Å². The quantitative estimate of drug-likeness (QED) is 0.282. The molecule has 7 N–H and O–H groups in total. The molecule has 1 heterocycles. The second-order valence-electron chi connectivity index (χ2n) is 7.42. The number of primary amides is 1. The van der Waals surface area contributed by atoms with Gasteiger partial charge in [-0.3, -0.25) is 19.2 Å². The second-order valence-corrected chi connectivity index (χ2v) is 7.42. The first kappa shape index (κ1) is 24.3. The maximum absolute atomic E-state index is 13.1. The molecule has 5 atom stereocenters. The molecule has 11 heteroatoms. The van der Waals surface area contributed by atoms with E-state index in [9.17, 15) is 29.1 Å². The SMILES string of the molecule is CCC(C)C(NC(=O)C(C)N)C(=O)N1CCCC1C(=O)NC(CC(N)=O)C(=O)O. The summed E-state index contributed by atoms with van der Waals surface area (Å²) in [7, 11) is 0. The number of carbonyl (C=O) groups excluding carboxylic acids is 4. The van der Waals surface area contributed by atoms with Crippen molar-refractivity contribution >= 4 is 29.6 Å². The number of carboxylic acids is 1. The van der Waals surface area contributed by atoms with E-state index in [1.807, 2.05) is 13.8 Å². The Morgan fingerprint density at radius 3 is 2.28 bits per heavy atom. The van der Waals surface area contributed by atoms with E-state index >= 15 is 0 Å². The molecule has 5 unspecified atom stereocenters. The molecule has 29 heavy (non-hydrogen) atoms. The molecule has 1 rings (SSSR count). The van der Waals surface area contributed by atoms with E-state index in [0.717, 1.165) is 0 Å². The van der Waals surface area contributed by atoms with Gasteiger partial charge in [0.05, 0.1) is 12.5 Å². The molecule has 1 aliphatic heterocycles. The first-order chi connectivity index (χ1) is 13.5. The monoisotopic (exact) mass is 413 g/mol. The number of nitrogens with two attached hydrogens (primary N) is 2. The summed E-state index contributed by atoms with van der Waals surface area (Å²) in [6.45, 7) is 5.48. The molecular weight excluding hydrogens is 382 g/mol. The van der Waals surface area contributed by atoms with Crippen LogP contribution in [0.15, 0.2) is 0 Å². The topological polar surface area (TPSA) is 185 Å². The molecule has 0 aliphatic carbocycles. The van der Waals surface area contributed by atoms with E-state index in [1.165, 1.54) is 11.8 Å². The summed E-state index contributed by atoms with van der Waals surface area (Å²) in [5.74, 6) is -4.03. The van der Waals surface area contributed by atoms with Crippen molar-refractivity contribution < 1.29 is 29.1 Å². The second kappa shape index (κ2) is 10.7. The lowest BCUT2D eigenvalue weighted by atomic mass is 9.97. The van der Waals surface area contributed by atoms with Crippen molar-refractivity contribution in [3.63, 3.8) is 0 Å². The Morgan fingerprint density at radius 1 is 1.17 bits per heavy atom. The Labute approximate surface area is 169 Å². The number of nitrogens with one attached hydrogen (secondary N) is 2. The molecule has 164 valence electrons.